The number of rotatable bonds is 4. The zero-order valence-electron chi connectivity index (χ0n) is 12.5. The molecule has 0 spiro atoms. The summed E-state index contributed by atoms with van der Waals surface area (Å²) in [5.74, 6) is 0.940. The Morgan fingerprint density at radius 1 is 1.16 bits per heavy atom. The van der Waals surface area contributed by atoms with Crippen molar-refractivity contribution in [3.8, 4) is 0 Å². The molecule has 0 aromatic heterocycles. The van der Waals surface area contributed by atoms with Gasteiger partial charge in [0.05, 0.1) is 0 Å². The third kappa shape index (κ3) is 3.71. The van der Waals surface area contributed by atoms with Crippen LogP contribution in [0.4, 0.5) is 0 Å². The normalized spacial score (nSPS) is 37.2. The molecule has 1 heterocycles. The van der Waals surface area contributed by atoms with E-state index in [2.05, 4.69) is 18.7 Å². The van der Waals surface area contributed by atoms with Crippen LogP contribution in [0, 0.1) is 11.8 Å². The molecule has 2 aliphatic rings. The number of likely N-dealkylation sites (tertiary alicyclic amines) is 1. The van der Waals surface area contributed by atoms with Crippen molar-refractivity contribution < 1.29 is 9.90 Å². The SMILES string of the molecule is CC1CCCC(N2CCCCC2CCC(=O)O)C1C. The van der Waals surface area contributed by atoms with Crippen molar-refractivity contribution in [1.82, 2.24) is 4.90 Å². The maximum absolute atomic E-state index is 10.8. The summed E-state index contributed by atoms with van der Waals surface area (Å²) in [6.07, 6.45) is 8.97. The minimum absolute atomic E-state index is 0.331. The van der Waals surface area contributed by atoms with Crippen LogP contribution in [0.25, 0.3) is 0 Å². The molecule has 0 amide bonds. The van der Waals surface area contributed by atoms with Crippen LogP contribution in [0.5, 0.6) is 0 Å². The number of hydrogen-bond acceptors (Lipinski definition) is 2. The Bertz CT molecular complexity index is 305. The second-order valence-electron chi connectivity index (χ2n) is 6.65. The fraction of sp³-hybridized carbons (Fsp3) is 0.938. The van der Waals surface area contributed by atoms with E-state index in [9.17, 15) is 4.79 Å². The summed E-state index contributed by atoms with van der Waals surface area (Å²) in [7, 11) is 0. The molecule has 19 heavy (non-hydrogen) atoms. The summed E-state index contributed by atoms with van der Waals surface area (Å²) >= 11 is 0. The highest BCUT2D eigenvalue weighted by Gasteiger charge is 2.35. The van der Waals surface area contributed by atoms with Gasteiger partial charge in [-0.2, -0.15) is 0 Å². The predicted octanol–water partition coefficient (Wildman–Crippen LogP) is 3.53. The number of carboxylic acids is 1. The molecule has 0 aromatic carbocycles. The van der Waals surface area contributed by atoms with Crippen LogP contribution in [0.1, 0.15) is 65.2 Å². The van der Waals surface area contributed by atoms with E-state index in [1.165, 1.54) is 45.1 Å². The van der Waals surface area contributed by atoms with Gasteiger partial charge >= 0.3 is 5.97 Å². The molecule has 0 aromatic rings. The summed E-state index contributed by atoms with van der Waals surface area (Å²) in [6, 6.07) is 1.21. The molecule has 1 aliphatic heterocycles. The van der Waals surface area contributed by atoms with Crippen molar-refractivity contribution >= 4 is 5.97 Å². The molecule has 1 saturated heterocycles. The van der Waals surface area contributed by atoms with E-state index in [1.54, 1.807) is 0 Å². The van der Waals surface area contributed by atoms with Gasteiger partial charge in [0.25, 0.3) is 0 Å². The molecule has 2 rings (SSSR count). The molecule has 2 fully saturated rings. The van der Waals surface area contributed by atoms with E-state index >= 15 is 0 Å². The minimum Gasteiger partial charge on any atom is -0.481 e. The van der Waals surface area contributed by atoms with E-state index < -0.39 is 5.97 Å². The van der Waals surface area contributed by atoms with Gasteiger partial charge in [0.1, 0.15) is 0 Å². The summed E-state index contributed by atoms with van der Waals surface area (Å²) in [6.45, 7) is 5.97. The third-order valence-corrected chi connectivity index (χ3v) is 5.45. The van der Waals surface area contributed by atoms with Crippen molar-refractivity contribution in [2.75, 3.05) is 6.54 Å². The van der Waals surface area contributed by atoms with Crippen molar-refractivity contribution in [2.45, 2.75) is 77.3 Å². The highest BCUT2D eigenvalue weighted by Crippen LogP contribution is 2.36. The zero-order chi connectivity index (χ0) is 13.8. The van der Waals surface area contributed by atoms with Crippen LogP contribution < -0.4 is 0 Å². The van der Waals surface area contributed by atoms with Crippen LogP contribution in [-0.2, 0) is 4.79 Å². The molecule has 4 atom stereocenters. The summed E-state index contributed by atoms with van der Waals surface area (Å²) in [5, 5.41) is 8.92. The Hall–Kier alpha value is -0.570. The lowest BCUT2D eigenvalue weighted by molar-refractivity contribution is -0.137. The third-order valence-electron chi connectivity index (χ3n) is 5.45. The molecule has 1 N–H and O–H groups in total. The molecule has 0 bridgehead atoms. The maximum atomic E-state index is 10.8. The van der Waals surface area contributed by atoms with Crippen molar-refractivity contribution in [1.29, 1.82) is 0 Å². The Morgan fingerprint density at radius 2 is 1.95 bits per heavy atom. The first-order valence-electron chi connectivity index (χ1n) is 8.07. The molecule has 110 valence electrons. The average molecular weight is 267 g/mol. The quantitative estimate of drug-likeness (QED) is 0.847. The van der Waals surface area contributed by atoms with Crippen LogP contribution in [0.3, 0.4) is 0 Å². The Balaban J connectivity index is 1.99. The van der Waals surface area contributed by atoms with Crippen LogP contribution in [0.2, 0.25) is 0 Å². The van der Waals surface area contributed by atoms with Crippen LogP contribution >= 0.6 is 0 Å². The number of nitrogens with zero attached hydrogens (tertiary/aromatic N) is 1. The lowest BCUT2D eigenvalue weighted by atomic mass is 9.76. The van der Waals surface area contributed by atoms with Gasteiger partial charge in [-0.25, -0.2) is 0 Å². The molecular weight excluding hydrogens is 238 g/mol. The van der Waals surface area contributed by atoms with E-state index in [0.29, 0.717) is 18.5 Å². The largest absolute Gasteiger partial charge is 0.481 e. The van der Waals surface area contributed by atoms with Gasteiger partial charge < -0.3 is 5.11 Å². The summed E-state index contributed by atoms with van der Waals surface area (Å²) in [5.41, 5.74) is 0. The molecule has 0 radical (unpaired) electrons. The first-order chi connectivity index (χ1) is 9.09. The Labute approximate surface area is 117 Å². The van der Waals surface area contributed by atoms with Gasteiger partial charge in [-0.1, -0.05) is 33.1 Å². The second kappa shape index (κ2) is 6.74. The molecule has 4 unspecified atom stereocenters. The first kappa shape index (κ1) is 14.8. The van der Waals surface area contributed by atoms with Crippen LogP contribution in [-0.4, -0.2) is 34.6 Å². The lowest BCUT2D eigenvalue weighted by Crippen LogP contribution is -2.51. The van der Waals surface area contributed by atoms with Gasteiger partial charge in [-0.15, -0.1) is 0 Å². The standard InChI is InChI=1S/C16H29NO2/c1-12-6-5-8-15(13(12)2)17-11-4-3-7-14(17)9-10-16(18)19/h12-15H,3-11H2,1-2H3,(H,18,19). The van der Waals surface area contributed by atoms with Crippen molar-refractivity contribution in [3.05, 3.63) is 0 Å². The topological polar surface area (TPSA) is 40.5 Å². The number of aliphatic carboxylic acids is 1. The molecule has 3 heteroatoms. The maximum Gasteiger partial charge on any atom is 0.303 e. The molecule has 3 nitrogen and oxygen atoms in total. The van der Waals surface area contributed by atoms with Crippen LogP contribution in [0.15, 0.2) is 0 Å². The molecular formula is C16H29NO2. The zero-order valence-corrected chi connectivity index (χ0v) is 12.5. The smallest absolute Gasteiger partial charge is 0.303 e. The predicted molar refractivity (Wildman–Crippen MR) is 77.2 cm³/mol. The highest BCUT2D eigenvalue weighted by molar-refractivity contribution is 5.66. The average Bonchev–Trinajstić information content (AvgIpc) is 2.40. The fourth-order valence-corrected chi connectivity index (χ4v) is 4.08. The summed E-state index contributed by atoms with van der Waals surface area (Å²) < 4.78 is 0. The monoisotopic (exact) mass is 267 g/mol. The Kier molecular flexibility index (Phi) is 5.26. The van der Waals surface area contributed by atoms with Gasteiger partial charge in [0, 0.05) is 18.5 Å². The van der Waals surface area contributed by atoms with E-state index in [-0.39, 0.29) is 0 Å². The second-order valence-corrected chi connectivity index (χ2v) is 6.65. The Morgan fingerprint density at radius 3 is 2.68 bits per heavy atom. The molecule has 1 aliphatic carbocycles. The van der Waals surface area contributed by atoms with Gasteiger partial charge in [-0.05, 0) is 44.1 Å². The fourth-order valence-electron chi connectivity index (χ4n) is 4.08. The summed E-state index contributed by atoms with van der Waals surface area (Å²) in [4.78, 5) is 13.5. The number of piperidine rings is 1. The number of carbonyl (C=O) groups is 1. The number of carboxylic acid groups (broad SMARTS) is 1. The first-order valence-corrected chi connectivity index (χ1v) is 8.07. The van der Waals surface area contributed by atoms with E-state index in [1.807, 2.05) is 0 Å². The van der Waals surface area contributed by atoms with E-state index in [0.717, 1.165) is 18.3 Å². The van der Waals surface area contributed by atoms with Crippen molar-refractivity contribution in [2.24, 2.45) is 11.8 Å². The number of hydrogen-bond donors (Lipinski definition) is 1. The molecule has 1 saturated carbocycles. The van der Waals surface area contributed by atoms with Gasteiger partial charge in [0.15, 0.2) is 0 Å². The minimum atomic E-state index is -0.643. The highest BCUT2D eigenvalue weighted by atomic mass is 16.4. The van der Waals surface area contributed by atoms with Crippen molar-refractivity contribution in [3.63, 3.8) is 0 Å². The van der Waals surface area contributed by atoms with E-state index in [4.69, 9.17) is 5.11 Å². The van der Waals surface area contributed by atoms with Gasteiger partial charge in [0.2, 0.25) is 0 Å². The van der Waals surface area contributed by atoms with Gasteiger partial charge in [-0.3, -0.25) is 9.69 Å². The lowest BCUT2D eigenvalue weighted by Gasteiger charge is -2.47.